The summed E-state index contributed by atoms with van der Waals surface area (Å²) in [5.41, 5.74) is 4.25. The number of hydrazine groups is 1. The molecule has 2 rings (SSSR count). The van der Waals surface area contributed by atoms with Gasteiger partial charge in [0.15, 0.2) is 0 Å². The van der Waals surface area contributed by atoms with Crippen LogP contribution in [0.5, 0.6) is 0 Å². The second-order valence-corrected chi connectivity index (χ2v) is 4.30. The molecule has 0 radical (unpaired) electrons. The molecule has 0 aliphatic rings. The highest BCUT2D eigenvalue weighted by Crippen LogP contribution is 2.21. The maximum Gasteiger partial charge on any atom is 0.148 e. The van der Waals surface area contributed by atoms with Crippen molar-refractivity contribution in [3.8, 4) is 0 Å². The van der Waals surface area contributed by atoms with Crippen LogP contribution >= 0.6 is 0 Å². The molecule has 0 atom stereocenters. The Kier molecular flexibility index (Phi) is 3.91. The van der Waals surface area contributed by atoms with Gasteiger partial charge in [0.1, 0.15) is 23.8 Å². The van der Waals surface area contributed by atoms with Crippen molar-refractivity contribution in [2.45, 2.75) is 13.5 Å². The van der Waals surface area contributed by atoms with Crippen LogP contribution in [0.2, 0.25) is 0 Å². The first-order chi connectivity index (χ1) is 9.11. The Morgan fingerprint density at radius 1 is 1.37 bits per heavy atom. The number of hydrogen-bond donors (Lipinski definition) is 2. The standard InChI is InChI=1S/C13H16FN5/c1-9-12(18-15)16-8-17-13(9)19(2)7-10-4-3-5-11(14)6-10/h3-6,8H,7,15H2,1-2H3,(H,16,17,18). The van der Waals surface area contributed by atoms with Gasteiger partial charge < -0.3 is 10.3 Å². The van der Waals surface area contributed by atoms with Crippen molar-refractivity contribution < 1.29 is 4.39 Å². The molecule has 0 aliphatic carbocycles. The summed E-state index contributed by atoms with van der Waals surface area (Å²) in [5.74, 6) is 6.48. The lowest BCUT2D eigenvalue weighted by Crippen LogP contribution is -2.20. The minimum atomic E-state index is -0.241. The van der Waals surface area contributed by atoms with E-state index in [1.54, 1.807) is 6.07 Å². The Labute approximate surface area is 111 Å². The summed E-state index contributed by atoms with van der Waals surface area (Å²) >= 11 is 0. The van der Waals surface area contributed by atoms with E-state index in [1.165, 1.54) is 18.5 Å². The van der Waals surface area contributed by atoms with Crippen molar-refractivity contribution in [2.75, 3.05) is 17.4 Å². The fourth-order valence-corrected chi connectivity index (χ4v) is 1.96. The predicted molar refractivity (Wildman–Crippen MR) is 73.1 cm³/mol. The fourth-order valence-electron chi connectivity index (χ4n) is 1.96. The average Bonchev–Trinajstić information content (AvgIpc) is 2.39. The average molecular weight is 261 g/mol. The molecule has 19 heavy (non-hydrogen) atoms. The Morgan fingerprint density at radius 2 is 2.16 bits per heavy atom. The van der Waals surface area contributed by atoms with E-state index in [2.05, 4.69) is 15.4 Å². The van der Waals surface area contributed by atoms with Crippen molar-refractivity contribution >= 4 is 11.6 Å². The molecule has 1 heterocycles. The van der Waals surface area contributed by atoms with E-state index in [0.717, 1.165) is 16.9 Å². The van der Waals surface area contributed by atoms with Crippen molar-refractivity contribution in [1.29, 1.82) is 0 Å². The largest absolute Gasteiger partial charge is 0.355 e. The van der Waals surface area contributed by atoms with Gasteiger partial charge in [0.05, 0.1) is 0 Å². The number of nitrogens with one attached hydrogen (secondary N) is 1. The van der Waals surface area contributed by atoms with E-state index in [9.17, 15) is 4.39 Å². The molecule has 0 unspecified atom stereocenters. The molecule has 0 amide bonds. The van der Waals surface area contributed by atoms with E-state index >= 15 is 0 Å². The normalized spacial score (nSPS) is 10.3. The van der Waals surface area contributed by atoms with Gasteiger partial charge in [-0.25, -0.2) is 20.2 Å². The van der Waals surface area contributed by atoms with Gasteiger partial charge in [-0.3, -0.25) is 0 Å². The molecule has 1 aromatic carbocycles. The molecule has 6 heteroatoms. The van der Waals surface area contributed by atoms with Crippen LogP contribution in [-0.4, -0.2) is 17.0 Å². The molecule has 0 saturated heterocycles. The lowest BCUT2D eigenvalue weighted by Gasteiger charge is -2.21. The van der Waals surface area contributed by atoms with Crippen molar-refractivity contribution in [3.63, 3.8) is 0 Å². The summed E-state index contributed by atoms with van der Waals surface area (Å²) in [6.45, 7) is 2.44. The van der Waals surface area contributed by atoms with Gasteiger partial charge in [-0.1, -0.05) is 12.1 Å². The van der Waals surface area contributed by atoms with Crippen LogP contribution in [-0.2, 0) is 6.54 Å². The van der Waals surface area contributed by atoms with Crippen LogP contribution in [0.15, 0.2) is 30.6 Å². The number of nitrogens with zero attached hydrogens (tertiary/aromatic N) is 3. The van der Waals surface area contributed by atoms with Crippen LogP contribution < -0.4 is 16.2 Å². The number of nitrogen functional groups attached to an aromatic ring is 1. The molecule has 1 aromatic heterocycles. The van der Waals surface area contributed by atoms with Gasteiger partial charge in [0.25, 0.3) is 0 Å². The molecule has 0 spiro atoms. The minimum absolute atomic E-state index is 0.241. The lowest BCUT2D eigenvalue weighted by atomic mass is 10.2. The van der Waals surface area contributed by atoms with E-state index in [1.807, 2.05) is 24.9 Å². The second kappa shape index (κ2) is 5.62. The molecule has 3 N–H and O–H groups in total. The molecular formula is C13H16FN5. The number of benzene rings is 1. The van der Waals surface area contributed by atoms with Gasteiger partial charge in [-0.05, 0) is 24.6 Å². The first-order valence-corrected chi connectivity index (χ1v) is 5.85. The highest BCUT2D eigenvalue weighted by molar-refractivity contribution is 5.57. The SMILES string of the molecule is Cc1c(NN)ncnc1N(C)Cc1cccc(F)c1. The summed E-state index contributed by atoms with van der Waals surface area (Å²) in [5, 5.41) is 0. The maximum absolute atomic E-state index is 13.1. The number of anilines is 2. The van der Waals surface area contributed by atoms with Gasteiger partial charge in [0.2, 0.25) is 0 Å². The highest BCUT2D eigenvalue weighted by Gasteiger charge is 2.11. The minimum Gasteiger partial charge on any atom is -0.355 e. The van der Waals surface area contributed by atoms with Crippen LogP contribution in [0.4, 0.5) is 16.0 Å². The van der Waals surface area contributed by atoms with Gasteiger partial charge >= 0.3 is 0 Å². The predicted octanol–water partition coefficient (Wildman–Crippen LogP) is 1.85. The molecular weight excluding hydrogens is 245 g/mol. The number of halogens is 1. The molecule has 0 bridgehead atoms. The van der Waals surface area contributed by atoms with E-state index in [0.29, 0.717) is 12.4 Å². The molecule has 5 nitrogen and oxygen atoms in total. The van der Waals surface area contributed by atoms with Gasteiger partial charge in [-0.15, -0.1) is 0 Å². The second-order valence-electron chi connectivity index (χ2n) is 4.30. The first-order valence-electron chi connectivity index (χ1n) is 5.85. The summed E-state index contributed by atoms with van der Waals surface area (Å²) in [6.07, 6.45) is 1.44. The summed E-state index contributed by atoms with van der Waals surface area (Å²) in [7, 11) is 1.89. The Hall–Kier alpha value is -2.21. The van der Waals surface area contributed by atoms with Gasteiger partial charge in [-0.2, -0.15) is 0 Å². The van der Waals surface area contributed by atoms with Crippen LogP contribution in [0.25, 0.3) is 0 Å². The molecule has 0 saturated carbocycles. The quantitative estimate of drug-likeness (QED) is 0.649. The zero-order valence-corrected chi connectivity index (χ0v) is 10.9. The molecule has 2 aromatic rings. The summed E-state index contributed by atoms with van der Waals surface area (Å²) in [6, 6.07) is 6.50. The van der Waals surface area contributed by atoms with Crippen molar-refractivity contribution in [3.05, 3.63) is 47.5 Å². The van der Waals surface area contributed by atoms with Crippen molar-refractivity contribution in [1.82, 2.24) is 9.97 Å². The lowest BCUT2D eigenvalue weighted by molar-refractivity contribution is 0.625. The number of hydrogen-bond acceptors (Lipinski definition) is 5. The fraction of sp³-hybridized carbons (Fsp3) is 0.231. The maximum atomic E-state index is 13.1. The number of nitrogens with two attached hydrogens (primary N) is 1. The number of rotatable bonds is 4. The van der Waals surface area contributed by atoms with Gasteiger partial charge in [0, 0.05) is 19.2 Å². The topological polar surface area (TPSA) is 67.1 Å². The van der Waals surface area contributed by atoms with Crippen LogP contribution in [0, 0.1) is 12.7 Å². The van der Waals surface area contributed by atoms with E-state index < -0.39 is 0 Å². The smallest absolute Gasteiger partial charge is 0.148 e. The van der Waals surface area contributed by atoms with Crippen LogP contribution in [0.1, 0.15) is 11.1 Å². The van der Waals surface area contributed by atoms with E-state index in [4.69, 9.17) is 5.84 Å². The Morgan fingerprint density at radius 3 is 2.84 bits per heavy atom. The summed E-state index contributed by atoms with van der Waals surface area (Å²) in [4.78, 5) is 10.2. The molecule has 100 valence electrons. The van der Waals surface area contributed by atoms with E-state index in [-0.39, 0.29) is 5.82 Å². The van der Waals surface area contributed by atoms with Crippen LogP contribution in [0.3, 0.4) is 0 Å². The zero-order chi connectivity index (χ0) is 13.8. The first kappa shape index (κ1) is 13.2. The highest BCUT2D eigenvalue weighted by atomic mass is 19.1. The van der Waals surface area contributed by atoms with Crippen molar-refractivity contribution in [2.24, 2.45) is 5.84 Å². The third-order valence-corrected chi connectivity index (χ3v) is 2.86. The third-order valence-electron chi connectivity index (χ3n) is 2.86. The monoisotopic (exact) mass is 261 g/mol. The zero-order valence-electron chi connectivity index (χ0n) is 10.9. The number of aromatic nitrogens is 2. The third kappa shape index (κ3) is 2.97. The molecule has 0 aliphatic heterocycles. The molecule has 0 fully saturated rings. The Bertz CT molecular complexity index is 573. The Balaban J connectivity index is 2.23. The summed E-state index contributed by atoms with van der Waals surface area (Å²) < 4.78 is 13.1.